The third-order valence-electron chi connectivity index (χ3n) is 4.09. The zero-order chi connectivity index (χ0) is 17.6. The van der Waals surface area contributed by atoms with Crippen molar-refractivity contribution in [3.8, 4) is 6.07 Å². The van der Waals surface area contributed by atoms with E-state index in [9.17, 15) is 15.4 Å². The van der Waals surface area contributed by atoms with Crippen LogP contribution in [0.5, 0.6) is 0 Å². The molecule has 0 aromatic heterocycles. The van der Waals surface area contributed by atoms with Crippen LogP contribution in [-0.2, 0) is 4.74 Å². The molecule has 2 aromatic rings. The van der Waals surface area contributed by atoms with Crippen LogP contribution in [0.25, 0.3) is 11.6 Å². The number of rotatable bonds is 4. The zero-order valence-electron chi connectivity index (χ0n) is 13.6. The van der Waals surface area contributed by atoms with Gasteiger partial charge in [0, 0.05) is 30.9 Å². The van der Waals surface area contributed by atoms with Crippen LogP contribution in [0.1, 0.15) is 11.1 Å². The molecule has 0 atom stereocenters. The van der Waals surface area contributed by atoms with Crippen molar-refractivity contribution in [3.63, 3.8) is 0 Å². The molecule has 0 aliphatic carbocycles. The van der Waals surface area contributed by atoms with Crippen LogP contribution in [0.2, 0.25) is 0 Å². The van der Waals surface area contributed by atoms with Crippen LogP contribution in [0.3, 0.4) is 0 Å². The van der Waals surface area contributed by atoms with E-state index >= 15 is 0 Å². The Hall–Kier alpha value is -3.17. The normalized spacial score (nSPS) is 14.8. The van der Waals surface area contributed by atoms with Crippen LogP contribution in [0.15, 0.2) is 48.5 Å². The highest BCUT2D eigenvalue weighted by molar-refractivity contribution is 5.89. The number of hydrogen-bond donors (Lipinski definition) is 0. The van der Waals surface area contributed by atoms with Gasteiger partial charge in [-0.25, -0.2) is 0 Å². The molecule has 6 nitrogen and oxygen atoms in total. The quantitative estimate of drug-likeness (QED) is 0.370. The summed E-state index contributed by atoms with van der Waals surface area (Å²) in [5, 5.41) is 20.1. The van der Waals surface area contributed by atoms with Gasteiger partial charge in [-0.1, -0.05) is 12.1 Å². The van der Waals surface area contributed by atoms with Gasteiger partial charge < -0.3 is 9.64 Å². The Morgan fingerprint density at radius 2 is 1.76 bits per heavy atom. The number of morpholine rings is 1. The molecule has 0 saturated carbocycles. The summed E-state index contributed by atoms with van der Waals surface area (Å²) in [6.45, 7) is 3.23. The maximum Gasteiger partial charge on any atom is 0.269 e. The van der Waals surface area contributed by atoms with Gasteiger partial charge in [0.1, 0.15) is 0 Å². The van der Waals surface area contributed by atoms with Crippen molar-refractivity contribution in [1.29, 1.82) is 5.26 Å². The maximum absolute atomic E-state index is 10.7. The predicted octanol–water partition coefficient (Wildman–Crippen LogP) is 3.50. The molecule has 126 valence electrons. The molecule has 2 aromatic carbocycles. The van der Waals surface area contributed by atoms with Crippen molar-refractivity contribution in [1.82, 2.24) is 0 Å². The molecule has 25 heavy (non-hydrogen) atoms. The summed E-state index contributed by atoms with van der Waals surface area (Å²) in [5.74, 6) is 0. The second-order valence-corrected chi connectivity index (χ2v) is 5.66. The summed E-state index contributed by atoms with van der Waals surface area (Å²) in [5.41, 5.74) is 3.18. The molecule has 0 bridgehead atoms. The SMILES string of the molecule is N#CC(=Cc1ccc(N2CCOCC2)cc1)c1ccc([N+](=O)[O-])cc1. The number of benzene rings is 2. The van der Waals surface area contributed by atoms with Crippen LogP contribution >= 0.6 is 0 Å². The summed E-state index contributed by atoms with van der Waals surface area (Å²) < 4.78 is 5.35. The Labute approximate surface area is 145 Å². The van der Waals surface area contributed by atoms with Gasteiger partial charge in [-0.3, -0.25) is 10.1 Å². The Morgan fingerprint density at radius 1 is 1.12 bits per heavy atom. The average Bonchev–Trinajstić information content (AvgIpc) is 2.67. The molecule has 0 radical (unpaired) electrons. The Bertz CT molecular complexity index is 814. The van der Waals surface area contributed by atoms with Gasteiger partial charge in [-0.05, 0) is 41.5 Å². The van der Waals surface area contributed by atoms with Crippen LogP contribution in [0.4, 0.5) is 11.4 Å². The summed E-state index contributed by atoms with van der Waals surface area (Å²) in [6.07, 6.45) is 1.78. The number of nitrogens with zero attached hydrogens (tertiary/aromatic N) is 3. The lowest BCUT2D eigenvalue weighted by Crippen LogP contribution is -2.36. The lowest BCUT2D eigenvalue weighted by atomic mass is 10.0. The van der Waals surface area contributed by atoms with Gasteiger partial charge in [0.05, 0.1) is 29.8 Å². The van der Waals surface area contributed by atoms with E-state index in [1.807, 2.05) is 24.3 Å². The molecule has 1 saturated heterocycles. The van der Waals surface area contributed by atoms with E-state index in [4.69, 9.17) is 4.74 Å². The second-order valence-electron chi connectivity index (χ2n) is 5.66. The van der Waals surface area contributed by atoms with Crippen molar-refractivity contribution in [2.75, 3.05) is 31.2 Å². The predicted molar refractivity (Wildman–Crippen MR) is 96.1 cm³/mol. The number of non-ortho nitro benzene ring substituents is 1. The number of hydrogen-bond acceptors (Lipinski definition) is 5. The van der Waals surface area contributed by atoms with Gasteiger partial charge in [0.25, 0.3) is 5.69 Å². The fourth-order valence-corrected chi connectivity index (χ4v) is 2.71. The molecule has 0 amide bonds. The topological polar surface area (TPSA) is 79.4 Å². The van der Waals surface area contributed by atoms with E-state index < -0.39 is 4.92 Å². The second kappa shape index (κ2) is 7.60. The maximum atomic E-state index is 10.7. The largest absolute Gasteiger partial charge is 0.378 e. The van der Waals surface area contributed by atoms with E-state index in [0.29, 0.717) is 11.1 Å². The zero-order valence-corrected chi connectivity index (χ0v) is 13.6. The smallest absolute Gasteiger partial charge is 0.269 e. The third kappa shape index (κ3) is 4.03. The first-order valence-corrected chi connectivity index (χ1v) is 7.97. The van der Waals surface area contributed by atoms with Crippen molar-refractivity contribution >= 4 is 23.0 Å². The van der Waals surface area contributed by atoms with Gasteiger partial charge in [0.15, 0.2) is 0 Å². The van der Waals surface area contributed by atoms with Crippen LogP contribution < -0.4 is 4.90 Å². The lowest BCUT2D eigenvalue weighted by molar-refractivity contribution is -0.384. The molecule has 0 spiro atoms. The average molecular weight is 335 g/mol. The number of nitro benzene ring substituents is 1. The van der Waals surface area contributed by atoms with E-state index in [1.165, 1.54) is 12.1 Å². The van der Waals surface area contributed by atoms with Gasteiger partial charge in [-0.2, -0.15) is 5.26 Å². The number of anilines is 1. The Balaban J connectivity index is 1.79. The first kappa shape index (κ1) is 16.7. The number of allylic oxidation sites excluding steroid dienone is 1. The Morgan fingerprint density at radius 3 is 2.32 bits per heavy atom. The van der Waals surface area contributed by atoms with E-state index in [2.05, 4.69) is 11.0 Å². The number of nitro groups is 1. The van der Waals surface area contributed by atoms with Crippen molar-refractivity contribution in [3.05, 3.63) is 69.8 Å². The minimum atomic E-state index is -0.454. The lowest BCUT2D eigenvalue weighted by Gasteiger charge is -2.28. The molecule has 1 heterocycles. The summed E-state index contributed by atoms with van der Waals surface area (Å²) in [7, 11) is 0. The van der Waals surface area contributed by atoms with E-state index in [0.717, 1.165) is 37.6 Å². The molecule has 1 aliphatic heterocycles. The number of ether oxygens (including phenoxy) is 1. The Kier molecular flexibility index (Phi) is 5.07. The van der Waals surface area contributed by atoms with Crippen molar-refractivity contribution in [2.24, 2.45) is 0 Å². The highest BCUT2D eigenvalue weighted by atomic mass is 16.6. The van der Waals surface area contributed by atoms with E-state index in [-0.39, 0.29) is 5.69 Å². The monoisotopic (exact) mass is 335 g/mol. The highest BCUT2D eigenvalue weighted by Crippen LogP contribution is 2.22. The van der Waals surface area contributed by atoms with Crippen LogP contribution in [0, 0.1) is 21.4 Å². The van der Waals surface area contributed by atoms with Crippen molar-refractivity contribution < 1.29 is 9.66 Å². The summed E-state index contributed by atoms with van der Waals surface area (Å²) in [6, 6.07) is 16.1. The fourth-order valence-electron chi connectivity index (χ4n) is 2.71. The first-order valence-electron chi connectivity index (χ1n) is 7.97. The van der Waals surface area contributed by atoms with Crippen molar-refractivity contribution in [2.45, 2.75) is 0 Å². The molecular weight excluding hydrogens is 318 g/mol. The molecular formula is C19H17N3O3. The first-order chi connectivity index (χ1) is 12.2. The summed E-state index contributed by atoms with van der Waals surface area (Å²) in [4.78, 5) is 12.5. The van der Waals surface area contributed by atoms with Gasteiger partial charge in [0.2, 0.25) is 0 Å². The highest BCUT2D eigenvalue weighted by Gasteiger charge is 2.11. The molecule has 0 N–H and O–H groups in total. The fraction of sp³-hybridized carbons (Fsp3) is 0.211. The molecule has 3 rings (SSSR count). The van der Waals surface area contributed by atoms with E-state index in [1.54, 1.807) is 18.2 Å². The van der Waals surface area contributed by atoms with Gasteiger partial charge in [-0.15, -0.1) is 0 Å². The molecule has 1 aliphatic rings. The number of nitriles is 1. The third-order valence-corrected chi connectivity index (χ3v) is 4.09. The van der Waals surface area contributed by atoms with Gasteiger partial charge >= 0.3 is 0 Å². The minimum absolute atomic E-state index is 0.0101. The minimum Gasteiger partial charge on any atom is -0.378 e. The van der Waals surface area contributed by atoms with Crippen LogP contribution in [-0.4, -0.2) is 31.2 Å². The molecule has 6 heteroatoms. The standard InChI is InChI=1S/C19H17N3O3/c20-14-17(16-3-7-19(8-4-16)22(23)24)13-15-1-5-18(6-2-15)21-9-11-25-12-10-21/h1-8,13H,9-12H2. The summed E-state index contributed by atoms with van der Waals surface area (Å²) >= 11 is 0. The molecule has 0 unspecified atom stereocenters. The molecule has 1 fully saturated rings.